The molecule has 0 atom stereocenters. The van der Waals surface area contributed by atoms with Crippen molar-refractivity contribution in [1.82, 2.24) is 4.72 Å². The highest BCUT2D eigenvalue weighted by molar-refractivity contribution is 7.89. The van der Waals surface area contributed by atoms with Gasteiger partial charge in [-0.3, -0.25) is 4.79 Å². The van der Waals surface area contributed by atoms with Crippen LogP contribution in [-0.2, 0) is 20.2 Å². The predicted octanol–water partition coefficient (Wildman–Crippen LogP) is 2.74. The fraction of sp³-hybridized carbons (Fsp3) is 0.562. The Morgan fingerprint density at radius 1 is 1.23 bits per heavy atom. The number of carbonyl (C=O) groups is 1. The number of nitrogens with one attached hydrogen (secondary N) is 1. The first kappa shape index (κ1) is 18.6. The van der Waals surface area contributed by atoms with Gasteiger partial charge in [0.2, 0.25) is 10.0 Å². The van der Waals surface area contributed by atoms with Crippen LogP contribution in [0.1, 0.15) is 50.3 Å². The van der Waals surface area contributed by atoms with Gasteiger partial charge in [-0.05, 0) is 48.4 Å². The van der Waals surface area contributed by atoms with E-state index >= 15 is 0 Å². The quantitative estimate of drug-likeness (QED) is 0.787. The van der Waals surface area contributed by atoms with Crippen LogP contribution >= 0.6 is 0 Å². The van der Waals surface area contributed by atoms with Gasteiger partial charge in [0.05, 0.1) is 4.90 Å². The molecule has 6 heteroatoms. The second-order valence-electron chi connectivity index (χ2n) is 6.56. The van der Waals surface area contributed by atoms with E-state index in [0.717, 1.165) is 16.7 Å². The second kappa shape index (κ2) is 6.79. The summed E-state index contributed by atoms with van der Waals surface area (Å²) in [5, 5.41) is 8.59. The van der Waals surface area contributed by atoms with Crippen molar-refractivity contribution in [3.63, 3.8) is 0 Å². The first-order valence-corrected chi connectivity index (χ1v) is 8.76. The third-order valence-electron chi connectivity index (χ3n) is 3.63. The predicted molar refractivity (Wildman–Crippen MR) is 86.7 cm³/mol. The van der Waals surface area contributed by atoms with E-state index in [0.29, 0.717) is 0 Å². The lowest BCUT2D eigenvalue weighted by molar-refractivity contribution is -0.137. The normalized spacial score (nSPS) is 12.4. The molecule has 0 bridgehead atoms. The molecule has 0 aromatic heterocycles. The van der Waals surface area contributed by atoms with E-state index in [4.69, 9.17) is 5.11 Å². The summed E-state index contributed by atoms with van der Waals surface area (Å²) in [6, 6.07) is 3.72. The van der Waals surface area contributed by atoms with Gasteiger partial charge in [0, 0.05) is 13.0 Å². The van der Waals surface area contributed by atoms with Crippen LogP contribution in [0.4, 0.5) is 0 Å². The third kappa shape index (κ3) is 4.81. The van der Waals surface area contributed by atoms with Gasteiger partial charge >= 0.3 is 5.97 Å². The number of carboxylic acids is 1. The van der Waals surface area contributed by atoms with Crippen LogP contribution < -0.4 is 4.72 Å². The molecule has 0 unspecified atom stereocenters. The highest BCUT2D eigenvalue weighted by atomic mass is 32.2. The van der Waals surface area contributed by atoms with Gasteiger partial charge in [-0.1, -0.05) is 26.8 Å². The van der Waals surface area contributed by atoms with E-state index in [1.54, 1.807) is 13.0 Å². The van der Waals surface area contributed by atoms with Crippen LogP contribution in [-0.4, -0.2) is 26.0 Å². The smallest absolute Gasteiger partial charge is 0.303 e. The summed E-state index contributed by atoms with van der Waals surface area (Å²) in [6.07, 6.45) is 0.216. The molecule has 124 valence electrons. The van der Waals surface area contributed by atoms with Gasteiger partial charge < -0.3 is 5.11 Å². The number of benzene rings is 1. The Kier molecular flexibility index (Phi) is 5.76. The zero-order chi connectivity index (χ0) is 17.1. The van der Waals surface area contributed by atoms with Crippen LogP contribution in [0.5, 0.6) is 0 Å². The second-order valence-corrected chi connectivity index (χ2v) is 8.30. The van der Waals surface area contributed by atoms with Crippen LogP contribution in [0.25, 0.3) is 0 Å². The Hall–Kier alpha value is -1.40. The van der Waals surface area contributed by atoms with Crippen molar-refractivity contribution in [3.05, 3.63) is 28.8 Å². The third-order valence-corrected chi connectivity index (χ3v) is 5.22. The SMILES string of the molecule is Cc1cc(C(C)(C)C)cc(S(=O)(=O)NCCCC(=O)O)c1C. The Labute approximate surface area is 132 Å². The van der Waals surface area contributed by atoms with Crippen molar-refractivity contribution in [2.45, 2.75) is 57.8 Å². The molecule has 0 aliphatic rings. The van der Waals surface area contributed by atoms with Crippen molar-refractivity contribution in [3.8, 4) is 0 Å². The van der Waals surface area contributed by atoms with Crippen LogP contribution in [0.15, 0.2) is 17.0 Å². The van der Waals surface area contributed by atoms with Gasteiger partial charge in [-0.15, -0.1) is 0 Å². The minimum absolute atomic E-state index is 0.0530. The molecule has 1 aromatic rings. The maximum atomic E-state index is 12.5. The summed E-state index contributed by atoms with van der Waals surface area (Å²) >= 11 is 0. The first-order valence-electron chi connectivity index (χ1n) is 7.28. The topological polar surface area (TPSA) is 83.5 Å². The molecule has 0 radical (unpaired) electrons. The van der Waals surface area contributed by atoms with Gasteiger partial charge in [0.25, 0.3) is 0 Å². The van der Waals surface area contributed by atoms with Crippen molar-refractivity contribution in [1.29, 1.82) is 0 Å². The van der Waals surface area contributed by atoms with Gasteiger partial charge in [0.1, 0.15) is 0 Å². The van der Waals surface area contributed by atoms with E-state index in [9.17, 15) is 13.2 Å². The fourth-order valence-electron chi connectivity index (χ4n) is 2.06. The lowest BCUT2D eigenvalue weighted by atomic mass is 9.85. The van der Waals surface area contributed by atoms with Crippen molar-refractivity contribution in [2.24, 2.45) is 0 Å². The van der Waals surface area contributed by atoms with Crippen molar-refractivity contribution >= 4 is 16.0 Å². The number of carboxylic acid groups (broad SMARTS) is 1. The van der Waals surface area contributed by atoms with E-state index < -0.39 is 16.0 Å². The molecule has 5 nitrogen and oxygen atoms in total. The molecular weight excluding hydrogens is 302 g/mol. The van der Waals surface area contributed by atoms with Gasteiger partial charge in [-0.25, -0.2) is 13.1 Å². The van der Waals surface area contributed by atoms with E-state index in [-0.39, 0.29) is 29.7 Å². The summed E-state index contributed by atoms with van der Waals surface area (Å²) in [5.41, 5.74) is 2.46. The minimum Gasteiger partial charge on any atom is -0.481 e. The molecule has 0 spiro atoms. The summed E-state index contributed by atoms with van der Waals surface area (Å²) in [7, 11) is -3.64. The molecule has 0 aliphatic carbocycles. The number of aliphatic carboxylic acids is 1. The Morgan fingerprint density at radius 3 is 2.32 bits per heavy atom. The summed E-state index contributed by atoms with van der Waals surface area (Å²) in [4.78, 5) is 10.7. The largest absolute Gasteiger partial charge is 0.481 e. The summed E-state index contributed by atoms with van der Waals surface area (Å²) in [5.74, 6) is -0.930. The molecule has 0 saturated heterocycles. The number of aryl methyl sites for hydroxylation is 1. The molecule has 0 heterocycles. The summed E-state index contributed by atoms with van der Waals surface area (Å²) in [6.45, 7) is 9.91. The van der Waals surface area contributed by atoms with Gasteiger partial charge in [0.15, 0.2) is 0 Å². The maximum Gasteiger partial charge on any atom is 0.303 e. The standard InChI is InChI=1S/C16H25NO4S/c1-11-9-13(16(3,4)5)10-14(12(11)2)22(20,21)17-8-6-7-15(18)19/h9-10,17H,6-8H2,1-5H3,(H,18,19). The van der Waals surface area contributed by atoms with Crippen LogP contribution in [0, 0.1) is 13.8 Å². The van der Waals surface area contributed by atoms with E-state index in [1.807, 2.05) is 33.8 Å². The Morgan fingerprint density at radius 2 is 1.82 bits per heavy atom. The van der Waals surface area contributed by atoms with E-state index in [2.05, 4.69) is 4.72 Å². The molecule has 0 saturated carbocycles. The fourth-order valence-corrected chi connectivity index (χ4v) is 3.48. The zero-order valence-corrected chi connectivity index (χ0v) is 14.7. The zero-order valence-electron chi connectivity index (χ0n) is 13.9. The maximum absolute atomic E-state index is 12.5. The lowest BCUT2D eigenvalue weighted by Crippen LogP contribution is -2.27. The number of sulfonamides is 1. The highest BCUT2D eigenvalue weighted by Crippen LogP contribution is 2.28. The molecule has 22 heavy (non-hydrogen) atoms. The van der Waals surface area contributed by atoms with Crippen LogP contribution in [0.2, 0.25) is 0 Å². The molecule has 1 aromatic carbocycles. The molecule has 0 amide bonds. The Balaban J connectivity index is 3.08. The molecule has 2 N–H and O–H groups in total. The van der Waals surface area contributed by atoms with Gasteiger partial charge in [-0.2, -0.15) is 0 Å². The number of rotatable bonds is 6. The molecule has 0 aliphatic heterocycles. The van der Waals surface area contributed by atoms with Crippen molar-refractivity contribution < 1.29 is 18.3 Å². The molecular formula is C16H25NO4S. The number of hydrogen-bond donors (Lipinski definition) is 2. The average molecular weight is 327 g/mol. The lowest BCUT2D eigenvalue weighted by Gasteiger charge is -2.22. The Bertz CT molecular complexity index is 657. The first-order chi connectivity index (χ1) is 9.95. The van der Waals surface area contributed by atoms with Crippen LogP contribution in [0.3, 0.4) is 0 Å². The average Bonchev–Trinajstić information content (AvgIpc) is 2.36. The highest BCUT2D eigenvalue weighted by Gasteiger charge is 2.22. The molecule has 1 rings (SSSR count). The van der Waals surface area contributed by atoms with E-state index in [1.165, 1.54) is 0 Å². The summed E-state index contributed by atoms with van der Waals surface area (Å²) < 4.78 is 27.4. The van der Waals surface area contributed by atoms with Crippen molar-refractivity contribution in [2.75, 3.05) is 6.54 Å². The minimum atomic E-state index is -3.64. The number of hydrogen-bond acceptors (Lipinski definition) is 3. The molecule has 0 fully saturated rings. The monoisotopic (exact) mass is 327 g/mol.